The van der Waals surface area contributed by atoms with Crippen molar-refractivity contribution in [3.63, 3.8) is 0 Å². The second kappa shape index (κ2) is 16.9. The molecule has 7 aromatic carbocycles. The highest BCUT2D eigenvalue weighted by atomic mass is 16.3. The smallest absolute Gasteiger partial charge is 0.227 e. The van der Waals surface area contributed by atoms with Gasteiger partial charge in [-0.1, -0.05) is 149 Å². The minimum absolute atomic E-state index is 0.652. The van der Waals surface area contributed by atoms with Crippen LogP contribution in [0.25, 0.3) is 55.9 Å². The predicted molar refractivity (Wildman–Crippen MR) is 225 cm³/mol. The lowest BCUT2D eigenvalue weighted by Gasteiger charge is -2.25. The quantitative estimate of drug-likeness (QED) is 0.143. The zero-order valence-electron chi connectivity index (χ0n) is 30.9. The van der Waals surface area contributed by atoms with Crippen LogP contribution in [0.1, 0.15) is 45.6 Å². The van der Waals surface area contributed by atoms with Gasteiger partial charge in [0.25, 0.3) is 0 Å². The molecule has 0 bridgehead atoms. The molecular formula is C50H46N2O. The molecule has 0 saturated carbocycles. The van der Waals surface area contributed by atoms with E-state index in [2.05, 4.69) is 202 Å². The summed E-state index contributed by atoms with van der Waals surface area (Å²) in [5, 5.41) is 0. The molecule has 0 amide bonds. The number of hydrogen-bond donors (Lipinski definition) is 0. The number of aromatic nitrogens is 1. The van der Waals surface area contributed by atoms with E-state index < -0.39 is 0 Å². The molecule has 8 aromatic rings. The minimum atomic E-state index is 0.652. The first-order chi connectivity index (χ1) is 26.2. The first-order valence-corrected chi connectivity index (χ1v) is 18.9. The number of unbranched alkanes of at least 4 members (excludes halogenated alkanes) is 1. The molecule has 0 aliphatic rings. The lowest BCUT2D eigenvalue weighted by atomic mass is 9.89. The highest BCUT2D eigenvalue weighted by Crippen LogP contribution is 2.40. The van der Waals surface area contributed by atoms with Crippen molar-refractivity contribution in [2.75, 3.05) is 4.90 Å². The maximum atomic E-state index is 6.18. The summed E-state index contributed by atoms with van der Waals surface area (Å²) in [6, 6.07) is 62.3. The second-order valence-electron chi connectivity index (χ2n) is 13.4. The Morgan fingerprint density at radius 3 is 1.45 bits per heavy atom. The van der Waals surface area contributed by atoms with Crippen LogP contribution in [-0.2, 0) is 6.42 Å². The van der Waals surface area contributed by atoms with E-state index in [-0.39, 0.29) is 0 Å². The van der Waals surface area contributed by atoms with Crippen molar-refractivity contribution in [2.24, 2.45) is 0 Å². The molecule has 0 spiro atoms. The second-order valence-corrected chi connectivity index (χ2v) is 13.4. The van der Waals surface area contributed by atoms with Crippen molar-refractivity contribution in [3.8, 4) is 44.8 Å². The number of benzene rings is 7. The Hall–Kier alpha value is -6.19. The number of rotatable bonds is 10. The molecule has 0 N–H and O–H groups in total. The SMILES string of the molecule is CCC.CCCCc1ccc2oc(-c3ccc(-c4ccccc4-c4ccccc4-c4ccc(N(c5ccccc5)c5ccccc5)cc4)cc3)nc2c1. The van der Waals surface area contributed by atoms with Crippen molar-refractivity contribution < 1.29 is 4.42 Å². The van der Waals surface area contributed by atoms with Gasteiger partial charge in [-0.2, -0.15) is 0 Å². The highest BCUT2D eigenvalue weighted by Gasteiger charge is 2.16. The van der Waals surface area contributed by atoms with Gasteiger partial charge in [-0.15, -0.1) is 0 Å². The Balaban J connectivity index is 0.00000140. The van der Waals surface area contributed by atoms with Crippen LogP contribution in [0, 0.1) is 0 Å². The Labute approximate surface area is 314 Å². The van der Waals surface area contributed by atoms with Gasteiger partial charge in [0.2, 0.25) is 5.89 Å². The summed E-state index contributed by atoms with van der Waals surface area (Å²) in [4.78, 5) is 7.14. The van der Waals surface area contributed by atoms with E-state index in [9.17, 15) is 0 Å². The van der Waals surface area contributed by atoms with E-state index in [1.807, 2.05) is 0 Å². The van der Waals surface area contributed by atoms with E-state index in [0.29, 0.717) is 5.89 Å². The molecule has 0 unspecified atom stereocenters. The molecule has 3 nitrogen and oxygen atoms in total. The van der Waals surface area contributed by atoms with Crippen molar-refractivity contribution in [2.45, 2.75) is 46.5 Å². The van der Waals surface area contributed by atoms with E-state index >= 15 is 0 Å². The van der Waals surface area contributed by atoms with Crippen LogP contribution in [0.5, 0.6) is 0 Å². The van der Waals surface area contributed by atoms with E-state index in [1.165, 1.54) is 52.6 Å². The standard InChI is InChI=1S/C47H38N2O.C3H8/c1-2-3-14-34-23-32-46-45(33-34)48-47(50-46)37-26-24-35(25-27-37)41-19-10-12-21-43(41)44-22-13-11-20-42(44)36-28-30-40(31-29-36)49(38-15-6-4-7-16-38)39-17-8-5-9-18-39;1-3-2/h4-13,15-33H,2-3,14H2,1H3;3H2,1-2H3. The Kier molecular flexibility index (Phi) is 11.2. The normalized spacial score (nSPS) is 10.8. The average molecular weight is 691 g/mol. The van der Waals surface area contributed by atoms with E-state index in [1.54, 1.807) is 0 Å². The zero-order chi connectivity index (χ0) is 36.4. The third-order valence-corrected chi connectivity index (χ3v) is 9.32. The summed E-state index contributed by atoms with van der Waals surface area (Å²) in [5.41, 5.74) is 14.5. The molecule has 0 atom stereocenters. The van der Waals surface area contributed by atoms with Crippen LogP contribution in [0.3, 0.4) is 0 Å². The summed E-state index contributed by atoms with van der Waals surface area (Å²) in [7, 11) is 0. The van der Waals surface area contributed by atoms with Gasteiger partial charge in [-0.05, 0) is 112 Å². The molecule has 0 saturated heterocycles. The van der Waals surface area contributed by atoms with Crippen molar-refractivity contribution in [1.29, 1.82) is 0 Å². The molecule has 8 rings (SSSR count). The number of nitrogens with zero attached hydrogens (tertiary/aromatic N) is 2. The van der Waals surface area contributed by atoms with E-state index in [0.717, 1.165) is 45.7 Å². The summed E-state index contributed by atoms with van der Waals surface area (Å²) >= 11 is 0. The van der Waals surface area contributed by atoms with Crippen LogP contribution >= 0.6 is 0 Å². The molecule has 0 radical (unpaired) electrons. The van der Waals surface area contributed by atoms with Crippen molar-refractivity contribution >= 4 is 28.2 Å². The Morgan fingerprint density at radius 1 is 0.472 bits per heavy atom. The van der Waals surface area contributed by atoms with Crippen LogP contribution in [0.4, 0.5) is 17.1 Å². The van der Waals surface area contributed by atoms with E-state index in [4.69, 9.17) is 9.40 Å². The number of aryl methyl sites for hydroxylation is 1. The zero-order valence-corrected chi connectivity index (χ0v) is 30.9. The summed E-state index contributed by atoms with van der Waals surface area (Å²) in [6.45, 7) is 6.47. The van der Waals surface area contributed by atoms with Gasteiger partial charge in [0.05, 0.1) is 0 Å². The summed E-state index contributed by atoms with van der Waals surface area (Å²) in [5.74, 6) is 0.652. The van der Waals surface area contributed by atoms with Gasteiger partial charge < -0.3 is 9.32 Å². The van der Waals surface area contributed by atoms with Gasteiger partial charge in [0.15, 0.2) is 5.58 Å². The lowest BCUT2D eigenvalue weighted by molar-refractivity contribution is 0.620. The van der Waals surface area contributed by atoms with Crippen molar-refractivity contribution in [3.05, 3.63) is 181 Å². The number of fused-ring (bicyclic) bond motifs is 1. The molecule has 1 heterocycles. The fourth-order valence-electron chi connectivity index (χ4n) is 6.76. The van der Waals surface area contributed by atoms with Gasteiger partial charge in [0.1, 0.15) is 5.52 Å². The average Bonchev–Trinajstić information content (AvgIpc) is 3.65. The van der Waals surface area contributed by atoms with Gasteiger partial charge in [-0.25, -0.2) is 4.98 Å². The van der Waals surface area contributed by atoms with Gasteiger partial charge in [-0.3, -0.25) is 0 Å². The number of anilines is 3. The molecule has 262 valence electrons. The minimum Gasteiger partial charge on any atom is -0.436 e. The number of oxazole rings is 1. The number of para-hydroxylation sites is 2. The fraction of sp³-hybridized carbons (Fsp3) is 0.140. The molecule has 53 heavy (non-hydrogen) atoms. The molecular weight excluding hydrogens is 645 g/mol. The molecule has 1 aromatic heterocycles. The predicted octanol–water partition coefficient (Wildman–Crippen LogP) is 14.7. The van der Waals surface area contributed by atoms with Gasteiger partial charge in [0, 0.05) is 22.6 Å². The first kappa shape index (κ1) is 35.2. The Bertz CT molecular complexity index is 2320. The molecule has 0 fully saturated rings. The molecule has 3 heteroatoms. The maximum absolute atomic E-state index is 6.18. The lowest BCUT2D eigenvalue weighted by Crippen LogP contribution is -2.09. The molecule has 0 aliphatic carbocycles. The fourth-order valence-corrected chi connectivity index (χ4v) is 6.76. The first-order valence-electron chi connectivity index (χ1n) is 18.9. The largest absolute Gasteiger partial charge is 0.436 e. The monoisotopic (exact) mass is 690 g/mol. The highest BCUT2D eigenvalue weighted by molar-refractivity contribution is 5.92. The third-order valence-electron chi connectivity index (χ3n) is 9.32. The van der Waals surface area contributed by atoms with Crippen LogP contribution in [-0.4, -0.2) is 4.98 Å². The van der Waals surface area contributed by atoms with Crippen molar-refractivity contribution in [1.82, 2.24) is 4.98 Å². The number of hydrogen-bond acceptors (Lipinski definition) is 3. The van der Waals surface area contributed by atoms with Crippen LogP contribution < -0.4 is 4.90 Å². The third kappa shape index (κ3) is 8.00. The maximum Gasteiger partial charge on any atom is 0.227 e. The molecule has 0 aliphatic heterocycles. The van der Waals surface area contributed by atoms with Crippen LogP contribution in [0.15, 0.2) is 180 Å². The Morgan fingerprint density at radius 2 is 0.925 bits per heavy atom. The topological polar surface area (TPSA) is 29.3 Å². The summed E-state index contributed by atoms with van der Waals surface area (Å²) in [6.07, 6.45) is 4.68. The van der Waals surface area contributed by atoms with Crippen LogP contribution in [0.2, 0.25) is 0 Å². The summed E-state index contributed by atoms with van der Waals surface area (Å²) < 4.78 is 6.18. The van der Waals surface area contributed by atoms with Gasteiger partial charge >= 0.3 is 0 Å².